The van der Waals surface area contributed by atoms with E-state index >= 15 is 0 Å². The molecule has 0 saturated heterocycles. The number of nitrogens with one attached hydrogen (secondary N) is 5. The van der Waals surface area contributed by atoms with Gasteiger partial charge in [-0.25, -0.2) is 33.3 Å². The third-order valence-electron chi connectivity index (χ3n) is 5.57. The highest BCUT2D eigenvalue weighted by Crippen LogP contribution is 2.21. The van der Waals surface area contributed by atoms with Crippen molar-refractivity contribution >= 4 is 76.0 Å². The number of urea groups is 2. The van der Waals surface area contributed by atoms with Crippen molar-refractivity contribution in [2.24, 2.45) is 0 Å². The summed E-state index contributed by atoms with van der Waals surface area (Å²) in [6, 6.07) is 9.97. The molecule has 0 unspecified atom stereocenters. The number of carbonyl (C=O) groups excluding carboxylic acids is 2. The summed E-state index contributed by atoms with van der Waals surface area (Å²) in [5, 5.41) is 13.3. The summed E-state index contributed by atoms with van der Waals surface area (Å²) >= 11 is 17.1. The fourth-order valence-electron chi connectivity index (χ4n) is 3.59. The average molecular weight is 696 g/mol. The number of amides is 4. The topological polar surface area (TPSA) is 149 Å². The number of benzene rings is 2. The minimum absolute atomic E-state index is 0.0701. The van der Waals surface area contributed by atoms with Gasteiger partial charge >= 0.3 is 12.1 Å². The van der Waals surface area contributed by atoms with Gasteiger partial charge in [-0.1, -0.05) is 34.8 Å². The Hall–Kier alpha value is -4.37. The second-order valence-electron chi connectivity index (χ2n) is 9.87. The van der Waals surface area contributed by atoms with Gasteiger partial charge in [0.15, 0.2) is 0 Å². The predicted molar refractivity (Wildman–Crippen MR) is 178 cm³/mol. The van der Waals surface area contributed by atoms with Crippen molar-refractivity contribution < 1.29 is 18.4 Å². The van der Waals surface area contributed by atoms with Gasteiger partial charge in [0.2, 0.25) is 11.9 Å². The second-order valence-corrected chi connectivity index (χ2v) is 11.1. The highest BCUT2D eigenvalue weighted by atomic mass is 35.5. The summed E-state index contributed by atoms with van der Waals surface area (Å²) in [6.07, 6.45) is 0.963. The van der Waals surface area contributed by atoms with Crippen molar-refractivity contribution in [1.82, 2.24) is 24.8 Å². The smallest absolute Gasteiger partial charge is 0.326 e. The number of hydrogen-bond donors (Lipinski definition) is 5. The van der Waals surface area contributed by atoms with Crippen molar-refractivity contribution in [3.8, 4) is 0 Å². The molecular formula is C29H31Cl3F2N10O2. The van der Waals surface area contributed by atoms with Gasteiger partial charge in [0.1, 0.15) is 22.6 Å². The Bertz CT molecular complexity index is 1660. The molecule has 4 aromatic rings. The summed E-state index contributed by atoms with van der Waals surface area (Å²) < 4.78 is 26.1. The molecule has 5 N–H and O–H groups in total. The van der Waals surface area contributed by atoms with Crippen molar-refractivity contribution in [3.05, 3.63) is 86.8 Å². The van der Waals surface area contributed by atoms with Crippen LogP contribution in [0.25, 0.3) is 0 Å². The molecule has 0 fully saturated rings. The lowest BCUT2D eigenvalue weighted by atomic mass is 10.3. The zero-order valence-corrected chi connectivity index (χ0v) is 27.5. The number of aromatic nitrogens is 4. The van der Waals surface area contributed by atoms with E-state index in [-0.39, 0.29) is 27.1 Å². The number of aryl methyl sites for hydroxylation is 2. The largest absolute Gasteiger partial charge is 0.370 e. The molecule has 17 heteroatoms. The van der Waals surface area contributed by atoms with Gasteiger partial charge in [0.25, 0.3) is 0 Å². The molecule has 4 amide bonds. The van der Waals surface area contributed by atoms with E-state index in [0.717, 1.165) is 31.3 Å². The summed E-state index contributed by atoms with van der Waals surface area (Å²) in [5.74, 6) is -0.237. The Labute approximate surface area is 279 Å². The first-order chi connectivity index (χ1) is 21.8. The normalized spacial score (nSPS) is 10.5. The minimum atomic E-state index is -0.589. The molecule has 0 atom stereocenters. The number of rotatable bonds is 9. The maximum absolute atomic E-state index is 13.2. The highest BCUT2D eigenvalue weighted by Gasteiger charge is 2.10. The van der Waals surface area contributed by atoms with Crippen LogP contribution in [0.15, 0.2) is 48.5 Å². The SMILES string of the molecule is Cc1cc(Cl)nc(NC(=O)Nc2ccc(F)c(Cl)c2)n1.Cc1cc(NCCCN(C)C)nc(NC(=O)Nc2ccc(F)c(Cl)c2)n1. The van der Waals surface area contributed by atoms with Crippen molar-refractivity contribution in [2.45, 2.75) is 20.3 Å². The molecule has 0 radical (unpaired) electrons. The van der Waals surface area contributed by atoms with E-state index in [4.69, 9.17) is 34.8 Å². The third-order valence-corrected chi connectivity index (χ3v) is 6.34. The van der Waals surface area contributed by atoms with Crippen LogP contribution in [-0.4, -0.2) is 64.1 Å². The van der Waals surface area contributed by atoms with Crippen LogP contribution in [0.4, 0.5) is 47.5 Å². The number of nitrogens with zero attached hydrogens (tertiary/aromatic N) is 5. The Morgan fingerprint density at radius 1 is 0.717 bits per heavy atom. The van der Waals surface area contributed by atoms with Crippen LogP contribution in [-0.2, 0) is 0 Å². The third kappa shape index (κ3) is 12.6. The van der Waals surface area contributed by atoms with Crippen LogP contribution in [0.3, 0.4) is 0 Å². The molecule has 0 spiro atoms. The van der Waals surface area contributed by atoms with Crippen LogP contribution in [0, 0.1) is 25.5 Å². The van der Waals surface area contributed by atoms with Crippen molar-refractivity contribution in [2.75, 3.05) is 53.8 Å². The van der Waals surface area contributed by atoms with E-state index in [0.29, 0.717) is 22.9 Å². The molecule has 244 valence electrons. The van der Waals surface area contributed by atoms with Crippen LogP contribution in [0.1, 0.15) is 17.8 Å². The molecule has 0 aliphatic rings. The molecule has 0 bridgehead atoms. The van der Waals surface area contributed by atoms with E-state index in [1.807, 2.05) is 21.0 Å². The van der Waals surface area contributed by atoms with E-state index < -0.39 is 23.7 Å². The standard InChI is InChI=1S/C17H22ClFN6O.C12H9Cl2FN4O/c1-11-9-15(20-7-4-8-25(2)3)23-16(21-11)24-17(26)22-12-5-6-14(19)13(18)10-12;1-6-4-10(14)18-11(16-6)19-12(20)17-7-2-3-9(15)8(13)5-7/h5-6,9-10H,4,7-8H2,1-3H3,(H3,20,21,22,23,24,26);2-5H,1H3,(H2,16,17,18,19,20). The number of anilines is 5. The first-order valence-electron chi connectivity index (χ1n) is 13.6. The molecule has 0 aliphatic carbocycles. The molecule has 2 heterocycles. The van der Waals surface area contributed by atoms with Crippen LogP contribution < -0.4 is 26.6 Å². The Kier molecular flexibility index (Phi) is 13.6. The van der Waals surface area contributed by atoms with Crippen molar-refractivity contribution in [1.29, 1.82) is 0 Å². The first-order valence-corrected chi connectivity index (χ1v) is 14.7. The van der Waals surface area contributed by atoms with Gasteiger partial charge in [-0.15, -0.1) is 0 Å². The maximum atomic E-state index is 13.2. The molecule has 0 saturated carbocycles. The monoisotopic (exact) mass is 694 g/mol. The predicted octanol–water partition coefficient (Wildman–Crippen LogP) is 7.46. The highest BCUT2D eigenvalue weighted by molar-refractivity contribution is 6.31. The van der Waals surface area contributed by atoms with Crippen LogP contribution in [0.5, 0.6) is 0 Å². The summed E-state index contributed by atoms with van der Waals surface area (Å²) in [5.41, 5.74) is 2.04. The Morgan fingerprint density at radius 2 is 1.22 bits per heavy atom. The van der Waals surface area contributed by atoms with Gasteiger partial charge in [0.05, 0.1) is 10.0 Å². The minimum Gasteiger partial charge on any atom is -0.370 e. The average Bonchev–Trinajstić information content (AvgIpc) is 2.94. The Balaban J connectivity index is 0.000000259. The van der Waals surface area contributed by atoms with Gasteiger partial charge in [-0.05, 0) is 83.4 Å². The van der Waals surface area contributed by atoms with E-state index in [1.165, 1.54) is 30.3 Å². The quantitative estimate of drug-likeness (QED) is 0.0895. The fourth-order valence-corrected chi connectivity index (χ4v) is 4.19. The second kappa shape index (κ2) is 17.4. The number of hydrogen-bond acceptors (Lipinski definition) is 8. The lowest BCUT2D eigenvalue weighted by molar-refractivity contribution is 0.261. The van der Waals surface area contributed by atoms with E-state index in [9.17, 15) is 18.4 Å². The zero-order valence-electron chi connectivity index (χ0n) is 25.2. The van der Waals surface area contributed by atoms with Gasteiger partial charge in [0, 0.05) is 35.4 Å². The molecule has 4 rings (SSSR count). The molecule has 2 aromatic carbocycles. The van der Waals surface area contributed by atoms with E-state index in [1.54, 1.807) is 19.1 Å². The number of carbonyl (C=O) groups is 2. The lowest BCUT2D eigenvalue weighted by Gasteiger charge is -2.12. The molecule has 2 aromatic heterocycles. The summed E-state index contributed by atoms with van der Waals surface area (Å²) in [7, 11) is 4.04. The van der Waals surface area contributed by atoms with Gasteiger partial charge in [-0.2, -0.15) is 4.98 Å². The van der Waals surface area contributed by atoms with Crippen molar-refractivity contribution in [3.63, 3.8) is 0 Å². The van der Waals surface area contributed by atoms with Gasteiger partial charge < -0.3 is 20.9 Å². The lowest BCUT2D eigenvalue weighted by Crippen LogP contribution is -2.21. The molecular weight excluding hydrogens is 665 g/mol. The van der Waals surface area contributed by atoms with Crippen LogP contribution in [0.2, 0.25) is 15.2 Å². The fraction of sp³-hybridized carbons (Fsp3) is 0.241. The van der Waals surface area contributed by atoms with Crippen LogP contribution >= 0.6 is 34.8 Å². The van der Waals surface area contributed by atoms with E-state index in [2.05, 4.69) is 51.4 Å². The summed E-state index contributed by atoms with van der Waals surface area (Å²) in [4.78, 5) is 42.2. The zero-order chi connectivity index (χ0) is 33.8. The number of halogens is 5. The van der Waals surface area contributed by atoms with Gasteiger partial charge in [-0.3, -0.25) is 10.6 Å². The first kappa shape index (κ1) is 36.1. The molecule has 12 nitrogen and oxygen atoms in total. The summed E-state index contributed by atoms with van der Waals surface area (Å²) in [6.45, 7) is 5.26. The molecule has 0 aliphatic heterocycles. The maximum Gasteiger partial charge on any atom is 0.326 e. The Morgan fingerprint density at radius 3 is 1.70 bits per heavy atom. The molecule has 46 heavy (non-hydrogen) atoms.